The molecular formula is C22H21N2O9Y-. The maximum atomic E-state index is 13.1. The molecule has 34 heavy (non-hydrogen) atoms. The Morgan fingerprint density at radius 2 is 1.85 bits per heavy atom. The van der Waals surface area contributed by atoms with E-state index in [2.05, 4.69) is 6.08 Å². The van der Waals surface area contributed by atoms with Gasteiger partial charge in [-0.15, -0.1) is 6.08 Å². The first-order valence-electron chi connectivity index (χ1n) is 10.1. The van der Waals surface area contributed by atoms with Crippen molar-refractivity contribution in [1.29, 1.82) is 0 Å². The third kappa shape index (κ3) is 3.36. The molecule has 11 nitrogen and oxygen atoms in total. The molecule has 4 N–H and O–H groups in total. The van der Waals surface area contributed by atoms with Crippen LogP contribution in [0.3, 0.4) is 0 Å². The van der Waals surface area contributed by atoms with Crippen LogP contribution in [-0.4, -0.2) is 73.3 Å². The number of rotatable bonds is 3. The SMILES string of the molecule is CC(=O)C1=C(O)[C@@]2(O)C(O)=C3C(O)=C4C(=O)[C-]=CC([N+](=O)[O-])=C4CC3CC2[C@H](N(C)C)C1=O.[Y]. The summed E-state index contributed by atoms with van der Waals surface area (Å²) in [6.07, 6.45) is 2.87. The van der Waals surface area contributed by atoms with Crippen molar-refractivity contribution in [1.82, 2.24) is 4.90 Å². The molecule has 0 spiro atoms. The number of hydrogen-bond donors (Lipinski definition) is 4. The maximum Gasteiger partial charge on any atom is 0.187 e. The maximum absolute atomic E-state index is 13.1. The summed E-state index contributed by atoms with van der Waals surface area (Å²) in [6.45, 7) is 1.04. The predicted octanol–water partition coefficient (Wildman–Crippen LogP) is 0.766. The average molecular weight is 546 g/mol. The first-order chi connectivity index (χ1) is 15.3. The summed E-state index contributed by atoms with van der Waals surface area (Å²) < 4.78 is 0. The van der Waals surface area contributed by atoms with Crippen molar-refractivity contribution in [2.75, 3.05) is 14.1 Å². The Bertz CT molecular complexity index is 1210. The smallest absolute Gasteiger partial charge is 0.187 e. The minimum atomic E-state index is -2.59. The predicted molar refractivity (Wildman–Crippen MR) is 110 cm³/mol. The van der Waals surface area contributed by atoms with Crippen molar-refractivity contribution in [3.05, 3.63) is 67.5 Å². The van der Waals surface area contributed by atoms with Crippen LogP contribution in [0.1, 0.15) is 19.8 Å². The summed E-state index contributed by atoms with van der Waals surface area (Å²) in [5, 5.41) is 55.9. The first kappa shape index (κ1) is 26.1. The molecule has 0 saturated heterocycles. The van der Waals surface area contributed by atoms with Crippen LogP contribution in [0, 0.1) is 28.0 Å². The second kappa shape index (κ2) is 8.64. The summed E-state index contributed by atoms with van der Waals surface area (Å²) in [6, 6.07) is -1.12. The van der Waals surface area contributed by atoms with E-state index in [1.165, 1.54) is 19.0 Å². The Labute approximate surface area is 218 Å². The van der Waals surface area contributed by atoms with E-state index in [0.29, 0.717) is 0 Å². The Morgan fingerprint density at radius 3 is 2.38 bits per heavy atom. The van der Waals surface area contributed by atoms with Crippen LogP contribution in [0.2, 0.25) is 0 Å². The number of likely N-dealkylation sites (N-methyl/N-ethyl adjacent to an activating group) is 1. The van der Waals surface area contributed by atoms with Crippen molar-refractivity contribution >= 4 is 17.3 Å². The molecule has 0 aromatic carbocycles. The minimum Gasteiger partial charge on any atom is -0.520 e. The van der Waals surface area contributed by atoms with Gasteiger partial charge in [0.25, 0.3) is 0 Å². The summed E-state index contributed by atoms with van der Waals surface area (Å²) in [7, 11) is 3.06. The van der Waals surface area contributed by atoms with Crippen molar-refractivity contribution in [2.45, 2.75) is 31.4 Å². The number of aliphatic hydroxyl groups is 4. The summed E-state index contributed by atoms with van der Waals surface area (Å²) in [4.78, 5) is 49.8. The van der Waals surface area contributed by atoms with Gasteiger partial charge in [-0.3, -0.25) is 24.6 Å². The zero-order chi connectivity index (χ0) is 24.6. The number of hydrogen-bond acceptors (Lipinski definition) is 10. The molecule has 0 aliphatic heterocycles. The molecule has 0 bridgehead atoms. The fraction of sp³-hybridized carbons (Fsp3) is 0.409. The Morgan fingerprint density at radius 1 is 1.24 bits per heavy atom. The zero-order valence-electron chi connectivity index (χ0n) is 18.5. The number of Topliss-reactive ketones (excluding diaryl/α,β-unsaturated/α-hetero) is 3. The molecule has 4 rings (SSSR count). The van der Waals surface area contributed by atoms with Crippen molar-refractivity contribution in [2.24, 2.45) is 11.8 Å². The third-order valence-electron chi connectivity index (χ3n) is 6.82. The van der Waals surface area contributed by atoms with Crippen LogP contribution in [-0.2, 0) is 47.1 Å². The van der Waals surface area contributed by atoms with Crippen LogP contribution in [0.4, 0.5) is 0 Å². The van der Waals surface area contributed by atoms with Gasteiger partial charge in [0.1, 0.15) is 17.1 Å². The number of carbonyl (C=O) groups is 3. The first-order valence-corrected chi connectivity index (χ1v) is 10.1. The fourth-order valence-electron chi connectivity index (χ4n) is 5.44. The van der Waals surface area contributed by atoms with E-state index in [1.54, 1.807) is 0 Å². The molecular weight excluding hydrogens is 525 g/mol. The number of nitro groups is 1. The topological polar surface area (TPSA) is 179 Å². The quantitative estimate of drug-likeness (QED) is 0.171. The van der Waals surface area contributed by atoms with Crippen molar-refractivity contribution in [3.8, 4) is 0 Å². The van der Waals surface area contributed by atoms with Gasteiger partial charge in [-0.1, -0.05) is 11.6 Å². The molecule has 4 aliphatic carbocycles. The van der Waals surface area contributed by atoms with Gasteiger partial charge in [-0.2, -0.15) is 0 Å². The molecule has 0 aromatic heterocycles. The van der Waals surface area contributed by atoms with Crippen LogP contribution in [0.15, 0.2) is 51.3 Å². The average Bonchev–Trinajstić information content (AvgIpc) is 2.70. The monoisotopic (exact) mass is 546 g/mol. The fourth-order valence-corrected chi connectivity index (χ4v) is 5.44. The standard InChI is InChI=1S/C22H21N2O9.Y/c1-8(25)14-19(28)17(23(2)3)11-7-9-6-10-12(24(32)33)4-5-13(26)16(10)18(27)15(9)21(30)22(11,31)20(14)29;/h4,9,11,17,27,29-31H,6-7H2,1-3H3;/q-1;/t9?,11?,17-,22+;/m0./s1. The second-order valence-corrected chi connectivity index (χ2v) is 8.79. The molecule has 4 atom stereocenters. The largest absolute Gasteiger partial charge is 0.520 e. The second-order valence-electron chi connectivity index (χ2n) is 8.79. The van der Waals surface area contributed by atoms with Gasteiger partial charge in [0, 0.05) is 49.1 Å². The molecule has 0 heterocycles. The van der Waals surface area contributed by atoms with E-state index >= 15 is 0 Å². The van der Waals surface area contributed by atoms with Gasteiger partial charge in [0.15, 0.2) is 22.9 Å². The van der Waals surface area contributed by atoms with Gasteiger partial charge < -0.3 is 25.2 Å². The van der Waals surface area contributed by atoms with Crippen molar-refractivity contribution < 1.29 is 72.4 Å². The number of nitrogens with zero attached hydrogens (tertiary/aromatic N) is 2. The zero-order valence-corrected chi connectivity index (χ0v) is 21.4. The Balaban J connectivity index is 0.00000324. The van der Waals surface area contributed by atoms with Crippen LogP contribution in [0.5, 0.6) is 0 Å². The van der Waals surface area contributed by atoms with Gasteiger partial charge in [0.05, 0.1) is 17.6 Å². The number of aliphatic hydroxyl groups excluding tert-OH is 3. The van der Waals surface area contributed by atoms with E-state index in [0.717, 1.165) is 13.0 Å². The number of ketones is 3. The summed E-state index contributed by atoms with van der Waals surface area (Å²) in [5.74, 6) is -7.06. The molecule has 4 aliphatic rings. The van der Waals surface area contributed by atoms with Gasteiger partial charge in [-0.25, -0.2) is 0 Å². The Hall–Kier alpha value is -2.47. The van der Waals surface area contributed by atoms with Crippen molar-refractivity contribution in [3.63, 3.8) is 0 Å². The van der Waals surface area contributed by atoms with E-state index in [4.69, 9.17) is 0 Å². The van der Waals surface area contributed by atoms with E-state index in [1.807, 2.05) is 0 Å². The molecule has 0 fully saturated rings. The normalized spacial score (nSPS) is 30.8. The number of fused-ring (bicyclic) bond motifs is 3. The molecule has 0 amide bonds. The molecule has 2 unspecified atom stereocenters. The minimum absolute atomic E-state index is 0. The Kier molecular flexibility index (Phi) is 6.64. The van der Waals surface area contributed by atoms with E-state index in [-0.39, 0.29) is 56.7 Å². The van der Waals surface area contributed by atoms with Crippen LogP contribution >= 0.6 is 0 Å². The molecule has 0 saturated carbocycles. The van der Waals surface area contributed by atoms with Gasteiger partial charge >= 0.3 is 0 Å². The number of allylic oxidation sites excluding steroid dienone is 5. The van der Waals surface area contributed by atoms with Gasteiger partial charge in [0.2, 0.25) is 0 Å². The van der Waals surface area contributed by atoms with E-state index < -0.39 is 79.9 Å². The molecule has 177 valence electrons. The summed E-state index contributed by atoms with van der Waals surface area (Å²) in [5.41, 5.74) is -4.41. The van der Waals surface area contributed by atoms with E-state index in [9.17, 15) is 44.9 Å². The number of carbonyl (C=O) groups excluding carboxylic acids is 3. The summed E-state index contributed by atoms with van der Waals surface area (Å²) >= 11 is 0. The molecule has 12 heteroatoms. The van der Waals surface area contributed by atoms with Crippen LogP contribution < -0.4 is 0 Å². The molecule has 0 aromatic rings. The van der Waals surface area contributed by atoms with Crippen LogP contribution in [0.25, 0.3) is 0 Å². The third-order valence-corrected chi connectivity index (χ3v) is 6.82. The molecule has 1 radical (unpaired) electrons. The van der Waals surface area contributed by atoms with Gasteiger partial charge in [-0.05, 0) is 45.4 Å².